The van der Waals surface area contributed by atoms with Gasteiger partial charge in [-0.3, -0.25) is 4.99 Å². The smallest absolute Gasteiger partial charge is 0.240 e. The highest BCUT2D eigenvalue weighted by Gasteiger charge is 2.17. The summed E-state index contributed by atoms with van der Waals surface area (Å²) < 4.78 is 26.6. The normalized spacial score (nSPS) is 20.1. The van der Waals surface area contributed by atoms with Crippen molar-refractivity contribution in [2.75, 3.05) is 26.2 Å². The van der Waals surface area contributed by atoms with E-state index < -0.39 is 10.0 Å². The molecule has 1 fully saturated rings. The van der Waals surface area contributed by atoms with E-state index in [2.05, 4.69) is 21.5 Å². The van der Waals surface area contributed by atoms with Gasteiger partial charge in [-0.15, -0.1) is 0 Å². The summed E-state index contributed by atoms with van der Waals surface area (Å²) in [6.45, 7) is 4.62. The van der Waals surface area contributed by atoms with Gasteiger partial charge in [0.15, 0.2) is 5.96 Å². The van der Waals surface area contributed by atoms with Gasteiger partial charge in [-0.25, -0.2) is 13.1 Å². The fourth-order valence-corrected chi connectivity index (χ4v) is 3.57. The number of piperidine rings is 1. The second kappa shape index (κ2) is 7.60. The number of rotatable bonds is 5. The van der Waals surface area contributed by atoms with Crippen molar-refractivity contribution in [3.05, 3.63) is 30.3 Å². The molecule has 1 aromatic rings. The lowest BCUT2D eigenvalue weighted by molar-refractivity contribution is 0.270. The zero-order valence-corrected chi connectivity index (χ0v) is 13.7. The van der Waals surface area contributed by atoms with E-state index in [1.165, 1.54) is 6.42 Å². The first-order valence-corrected chi connectivity index (χ1v) is 9.07. The molecule has 0 bridgehead atoms. The molecule has 0 radical (unpaired) electrons. The Morgan fingerprint density at radius 3 is 2.82 bits per heavy atom. The van der Waals surface area contributed by atoms with Crippen LogP contribution in [-0.4, -0.2) is 45.5 Å². The molecule has 0 amide bonds. The van der Waals surface area contributed by atoms with Crippen molar-refractivity contribution in [3.8, 4) is 0 Å². The lowest BCUT2D eigenvalue weighted by atomic mass is 10.0. The Bertz CT molecular complexity index is 601. The van der Waals surface area contributed by atoms with Crippen LogP contribution in [0.25, 0.3) is 0 Å². The number of hydrogen-bond donors (Lipinski definition) is 2. The predicted molar refractivity (Wildman–Crippen MR) is 88.1 cm³/mol. The molecule has 122 valence electrons. The summed E-state index contributed by atoms with van der Waals surface area (Å²) in [5.41, 5.74) is 5.97. The minimum atomic E-state index is -3.47. The van der Waals surface area contributed by atoms with Gasteiger partial charge in [-0.1, -0.05) is 25.1 Å². The van der Waals surface area contributed by atoms with Crippen molar-refractivity contribution in [3.63, 3.8) is 0 Å². The fourth-order valence-electron chi connectivity index (χ4n) is 2.53. The first-order chi connectivity index (χ1) is 10.5. The summed E-state index contributed by atoms with van der Waals surface area (Å²) in [5, 5.41) is 0. The maximum absolute atomic E-state index is 12.0. The van der Waals surface area contributed by atoms with Gasteiger partial charge in [-0.05, 0) is 30.9 Å². The first-order valence-electron chi connectivity index (χ1n) is 7.58. The van der Waals surface area contributed by atoms with Crippen molar-refractivity contribution in [2.24, 2.45) is 16.6 Å². The Balaban J connectivity index is 1.82. The van der Waals surface area contributed by atoms with Gasteiger partial charge >= 0.3 is 0 Å². The van der Waals surface area contributed by atoms with E-state index in [4.69, 9.17) is 5.73 Å². The van der Waals surface area contributed by atoms with E-state index in [0.29, 0.717) is 18.4 Å². The molecular weight excluding hydrogens is 300 g/mol. The summed E-state index contributed by atoms with van der Waals surface area (Å²) in [7, 11) is -3.47. The average molecular weight is 324 g/mol. The third kappa shape index (κ3) is 4.71. The topological polar surface area (TPSA) is 87.8 Å². The van der Waals surface area contributed by atoms with Crippen LogP contribution in [-0.2, 0) is 10.0 Å². The minimum Gasteiger partial charge on any atom is -0.370 e. The van der Waals surface area contributed by atoms with Gasteiger partial charge in [0.25, 0.3) is 0 Å². The molecule has 1 aliphatic rings. The van der Waals surface area contributed by atoms with Crippen LogP contribution in [0.4, 0.5) is 0 Å². The van der Waals surface area contributed by atoms with Crippen molar-refractivity contribution in [1.29, 1.82) is 0 Å². The standard InChI is InChI=1S/C15H24N4O2S/c1-13-6-5-11-19(12-13)15(16)17-9-10-18-22(20,21)14-7-3-2-4-8-14/h2-4,7-8,13,18H,5-6,9-12H2,1H3,(H2,16,17). The Labute approximate surface area is 132 Å². The summed E-state index contributed by atoms with van der Waals surface area (Å²) in [4.78, 5) is 6.60. The van der Waals surface area contributed by atoms with Crippen LogP contribution < -0.4 is 10.5 Å². The van der Waals surface area contributed by atoms with E-state index in [1.807, 2.05) is 0 Å². The number of nitrogens with two attached hydrogens (primary N) is 1. The SMILES string of the molecule is CC1CCCN(C(N)=NCCNS(=O)(=O)c2ccccc2)C1. The number of sulfonamides is 1. The highest BCUT2D eigenvalue weighted by molar-refractivity contribution is 7.89. The minimum absolute atomic E-state index is 0.237. The maximum atomic E-state index is 12.0. The van der Waals surface area contributed by atoms with Crippen LogP contribution in [0, 0.1) is 5.92 Å². The van der Waals surface area contributed by atoms with Crippen LogP contribution in [0.15, 0.2) is 40.2 Å². The summed E-state index contributed by atoms with van der Waals surface area (Å²) in [6, 6.07) is 8.30. The van der Waals surface area contributed by atoms with Gasteiger partial charge < -0.3 is 10.6 Å². The third-order valence-electron chi connectivity index (χ3n) is 3.71. The number of hydrogen-bond acceptors (Lipinski definition) is 3. The predicted octanol–water partition coefficient (Wildman–Crippen LogP) is 1.01. The van der Waals surface area contributed by atoms with Crippen LogP contribution in [0.2, 0.25) is 0 Å². The van der Waals surface area contributed by atoms with Gasteiger partial charge in [0.05, 0.1) is 11.4 Å². The van der Waals surface area contributed by atoms with E-state index in [-0.39, 0.29) is 11.4 Å². The number of nitrogens with one attached hydrogen (secondary N) is 1. The monoisotopic (exact) mass is 324 g/mol. The van der Waals surface area contributed by atoms with Gasteiger partial charge in [0, 0.05) is 19.6 Å². The second-order valence-electron chi connectivity index (χ2n) is 5.64. The Hall–Kier alpha value is -1.60. The molecule has 1 atom stereocenters. The summed E-state index contributed by atoms with van der Waals surface area (Å²) in [5.74, 6) is 1.13. The van der Waals surface area contributed by atoms with Crippen LogP contribution in [0.3, 0.4) is 0 Å². The molecule has 22 heavy (non-hydrogen) atoms. The molecule has 0 aromatic heterocycles. The zero-order valence-electron chi connectivity index (χ0n) is 12.9. The zero-order chi connectivity index (χ0) is 16.0. The molecule has 0 saturated carbocycles. The van der Waals surface area contributed by atoms with Gasteiger partial charge in [0.1, 0.15) is 0 Å². The molecule has 1 heterocycles. The molecule has 7 heteroatoms. The lowest BCUT2D eigenvalue weighted by Crippen LogP contribution is -2.43. The van der Waals surface area contributed by atoms with Crippen molar-refractivity contribution in [1.82, 2.24) is 9.62 Å². The van der Waals surface area contributed by atoms with Gasteiger partial charge in [-0.2, -0.15) is 0 Å². The van der Waals surface area contributed by atoms with Crippen molar-refractivity contribution < 1.29 is 8.42 Å². The maximum Gasteiger partial charge on any atom is 0.240 e. The Kier molecular flexibility index (Phi) is 5.79. The molecule has 1 unspecified atom stereocenters. The number of aliphatic imine (C=N–C) groups is 1. The largest absolute Gasteiger partial charge is 0.370 e. The van der Waals surface area contributed by atoms with Crippen LogP contribution in [0.1, 0.15) is 19.8 Å². The number of benzene rings is 1. The molecule has 1 saturated heterocycles. The van der Waals surface area contributed by atoms with E-state index in [9.17, 15) is 8.42 Å². The van der Waals surface area contributed by atoms with Crippen LogP contribution >= 0.6 is 0 Å². The van der Waals surface area contributed by atoms with Crippen LogP contribution in [0.5, 0.6) is 0 Å². The Morgan fingerprint density at radius 1 is 1.41 bits per heavy atom. The summed E-state index contributed by atoms with van der Waals surface area (Å²) >= 11 is 0. The molecule has 1 aliphatic heterocycles. The summed E-state index contributed by atoms with van der Waals surface area (Å²) in [6.07, 6.45) is 2.35. The number of nitrogens with zero attached hydrogens (tertiary/aromatic N) is 2. The average Bonchev–Trinajstić information content (AvgIpc) is 2.52. The molecule has 6 nitrogen and oxygen atoms in total. The molecule has 2 rings (SSSR count). The van der Waals surface area contributed by atoms with E-state index >= 15 is 0 Å². The fraction of sp³-hybridized carbons (Fsp3) is 0.533. The van der Waals surface area contributed by atoms with E-state index in [1.54, 1.807) is 30.3 Å². The van der Waals surface area contributed by atoms with Crippen molar-refractivity contribution >= 4 is 16.0 Å². The van der Waals surface area contributed by atoms with Crippen molar-refractivity contribution in [2.45, 2.75) is 24.7 Å². The molecular formula is C15H24N4O2S. The molecule has 3 N–H and O–H groups in total. The quantitative estimate of drug-likeness (QED) is 0.481. The van der Waals surface area contributed by atoms with Gasteiger partial charge in [0.2, 0.25) is 10.0 Å². The first kappa shape index (κ1) is 16.8. The number of guanidine groups is 1. The Morgan fingerprint density at radius 2 is 2.14 bits per heavy atom. The number of likely N-dealkylation sites (tertiary alicyclic amines) is 1. The highest BCUT2D eigenvalue weighted by Crippen LogP contribution is 2.14. The third-order valence-corrected chi connectivity index (χ3v) is 5.19. The lowest BCUT2D eigenvalue weighted by Gasteiger charge is -2.31. The second-order valence-corrected chi connectivity index (χ2v) is 7.41. The van der Waals surface area contributed by atoms with E-state index in [0.717, 1.165) is 19.5 Å². The molecule has 0 aliphatic carbocycles. The molecule has 0 spiro atoms. The highest BCUT2D eigenvalue weighted by atomic mass is 32.2. The molecule has 1 aromatic carbocycles.